The lowest BCUT2D eigenvalue weighted by atomic mass is 10.3. The Kier molecular flexibility index (Phi) is 5.25. The molecule has 2 aromatic heterocycles. The fourth-order valence-electron chi connectivity index (χ4n) is 2.21. The molecule has 0 fully saturated rings. The number of nitrogens with one attached hydrogen (secondary N) is 1. The number of aromatic nitrogens is 3. The van der Waals surface area contributed by atoms with E-state index in [9.17, 15) is 15.0 Å². The van der Waals surface area contributed by atoms with Crippen molar-refractivity contribution in [2.45, 2.75) is 18.6 Å². The van der Waals surface area contributed by atoms with Crippen molar-refractivity contribution < 1.29 is 15.0 Å². The van der Waals surface area contributed by atoms with E-state index in [0.29, 0.717) is 17.4 Å². The van der Waals surface area contributed by atoms with Gasteiger partial charge in [0.25, 0.3) is 0 Å². The molecular weight excluding hydrogens is 360 g/mol. The second-order valence-electron chi connectivity index (χ2n) is 5.10. The molecule has 130 valence electrons. The van der Waals surface area contributed by atoms with Gasteiger partial charge in [0.1, 0.15) is 0 Å². The van der Waals surface area contributed by atoms with Crippen molar-refractivity contribution in [2.75, 3.05) is 11.1 Å². The Hall–Kier alpha value is -2.52. The van der Waals surface area contributed by atoms with Crippen LogP contribution in [-0.2, 0) is 11.3 Å². The van der Waals surface area contributed by atoms with Gasteiger partial charge in [-0.2, -0.15) is 11.3 Å². The lowest BCUT2D eigenvalue weighted by Crippen LogP contribution is -2.14. The van der Waals surface area contributed by atoms with Crippen LogP contribution in [0.15, 0.2) is 40.2 Å². The Balaban J connectivity index is 1.65. The topological polar surface area (TPSA) is 100 Å². The van der Waals surface area contributed by atoms with Crippen molar-refractivity contribution in [3.05, 3.63) is 35.0 Å². The molecular formula is C16H16N4O3S2. The minimum absolute atomic E-state index is 0.156. The third kappa shape index (κ3) is 3.94. The maximum atomic E-state index is 12.1. The second-order valence-corrected chi connectivity index (χ2v) is 6.83. The van der Waals surface area contributed by atoms with E-state index in [1.165, 1.54) is 30.0 Å². The van der Waals surface area contributed by atoms with E-state index in [1.807, 2.05) is 28.3 Å². The number of nitrogens with zero attached hydrogens (tertiary/aromatic N) is 3. The third-order valence-electron chi connectivity index (χ3n) is 3.40. The van der Waals surface area contributed by atoms with E-state index >= 15 is 0 Å². The minimum atomic E-state index is -0.281. The zero-order valence-electron chi connectivity index (χ0n) is 13.3. The maximum absolute atomic E-state index is 12.1. The number of benzene rings is 1. The molecule has 3 rings (SSSR count). The average Bonchev–Trinajstić information content (AvgIpc) is 3.24. The van der Waals surface area contributed by atoms with Gasteiger partial charge in [-0.1, -0.05) is 11.8 Å². The summed E-state index contributed by atoms with van der Waals surface area (Å²) in [6, 6.07) is 6.11. The van der Waals surface area contributed by atoms with Gasteiger partial charge >= 0.3 is 0 Å². The molecule has 0 radical (unpaired) electrons. The molecule has 0 saturated heterocycles. The van der Waals surface area contributed by atoms with Crippen molar-refractivity contribution >= 4 is 34.7 Å². The van der Waals surface area contributed by atoms with Crippen LogP contribution in [0.1, 0.15) is 6.92 Å². The predicted molar refractivity (Wildman–Crippen MR) is 98.1 cm³/mol. The van der Waals surface area contributed by atoms with Gasteiger partial charge < -0.3 is 20.1 Å². The van der Waals surface area contributed by atoms with E-state index in [4.69, 9.17) is 0 Å². The highest BCUT2D eigenvalue weighted by Crippen LogP contribution is 2.28. The van der Waals surface area contributed by atoms with Crippen LogP contribution in [0.25, 0.3) is 11.4 Å². The minimum Gasteiger partial charge on any atom is -0.504 e. The zero-order valence-corrected chi connectivity index (χ0v) is 15.0. The summed E-state index contributed by atoms with van der Waals surface area (Å²) in [5.41, 5.74) is 1.42. The van der Waals surface area contributed by atoms with E-state index in [1.54, 1.807) is 11.3 Å². The fourth-order valence-corrected chi connectivity index (χ4v) is 3.65. The highest BCUT2D eigenvalue weighted by Gasteiger charge is 2.15. The Morgan fingerprint density at radius 2 is 2.12 bits per heavy atom. The standard InChI is InChI=1S/C16H16N4O3S2/c1-2-20-15(10-5-6-24-8-10)18-19-16(20)25-9-14(23)17-11-3-4-12(21)13(22)7-11/h3-8,21-22H,2,9H2,1H3,(H,17,23). The lowest BCUT2D eigenvalue weighted by molar-refractivity contribution is -0.113. The molecule has 9 heteroatoms. The molecule has 0 aliphatic heterocycles. The molecule has 0 saturated carbocycles. The highest BCUT2D eigenvalue weighted by molar-refractivity contribution is 7.99. The summed E-state index contributed by atoms with van der Waals surface area (Å²) >= 11 is 2.89. The number of carbonyl (C=O) groups excluding carboxylic acids is 1. The molecule has 2 heterocycles. The molecule has 25 heavy (non-hydrogen) atoms. The van der Waals surface area contributed by atoms with Gasteiger partial charge in [0.2, 0.25) is 5.91 Å². The van der Waals surface area contributed by atoms with Crippen molar-refractivity contribution in [1.29, 1.82) is 0 Å². The summed E-state index contributed by atoms with van der Waals surface area (Å²) in [4.78, 5) is 12.1. The van der Waals surface area contributed by atoms with Crippen LogP contribution in [-0.4, -0.2) is 36.6 Å². The number of aromatic hydroxyl groups is 2. The zero-order chi connectivity index (χ0) is 17.8. The van der Waals surface area contributed by atoms with Gasteiger partial charge in [-0.05, 0) is 30.5 Å². The number of rotatable bonds is 6. The van der Waals surface area contributed by atoms with Crippen LogP contribution < -0.4 is 5.32 Å². The van der Waals surface area contributed by atoms with Crippen molar-refractivity contribution in [3.8, 4) is 22.9 Å². The van der Waals surface area contributed by atoms with Crippen LogP contribution in [0.4, 0.5) is 5.69 Å². The smallest absolute Gasteiger partial charge is 0.234 e. The average molecular weight is 376 g/mol. The van der Waals surface area contributed by atoms with Crippen LogP contribution in [0, 0.1) is 0 Å². The fraction of sp³-hybridized carbons (Fsp3) is 0.188. The van der Waals surface area contributed by atoms with Crippen LogP contribution in [0.3, 0.4) is 0 Å². The van der Waals surface area contributed by atoms with E-state index in [-0.39, 0.29) is 23.2 Å². The molecule has 0 aliphatic carbocycles. The van der Waals surface area contributed by atoms with Crippen molar-refractivity contribution in [1.82, 2.24) is 14.8 Å². The summed E-state index contributed by atoms with van der Waals surface area (Å²) in [7, 11) is 0. The molecule has 0 atom stereocenters. The lowest BCUT2D eigenvalue weighted by Gasteiger charge is -2.08. The van der Waals surface area contributed by atoms with Crippen LogP contribution in [0.2, 0.25) is 0 Å². The number of hydrogen-bond donors (Lipinski definition) is 3. The summed E-state index contributed by atoms with van der Waals surface area (Å²) in [5, 5.41) is 34.5. The van der Waals surface area contributed by atoms with Gasteiger partial charge in [0, 0.05) is 29.2 Å². The molecule has 3 aromatic rings. The molecule has 1 amide bonds. The first-order chi connectivity index (χ1) is 12.1. The maximum Gasteiger partial charge on any atom is 0.234 e. The SMILES string of the molecule is CCn1c(SCC(=O)Nc2ccc(O)c(O)c2)nnc1-c1ccsc1. The summed E-state index contributed by atoms with van der Waals surface area (Å²) in [6.45, 7) is 2.70. The first-order valence-electron chi connectivity index (χ1n) is 7.49. The number of amides is 1. The first-order valence-corrected chi connectivity index (χ1v) is 9.41. The number of thiophene rings is 1. The third-order valence-corrected chi connectivity index (χ3v) is 5.05. The van der Waals surface area contributed by atoms with E-state index in [2.05, 4.69) is 15.5 Å². The quantitative estimate of drug-likeness (QED) is 0.347. The second kappa shape index (κ2) is 7.58. The highest BCUT2D eigenvalue weighted by atomic mass is 32.2. The van der Waals surface area contributed by atoms with Crippen molar-refractivity contribution in [3.63, 3.8) is 0 Å². The molecule has 0 aliphatic rings. The van der Waals surface area contributed by atoms with Gasteiger partial charge in [0.05, 0.1) is 5.75 Å². The normalized spacial score (nSPS) is 10.8. The summed E-state index contributed by atoms with van der Waals surface area (Å²) in [6.07, 6.45) is 0. The molecule has 0 unspecified atom stereocenters. The molecule has 0 bridgehead atoms. The van der Waals surface area contributed by atoms with Gasteiger partial charge in [0.15, 0.2) is 22.5 Å². The molecule has 7 nitrogen and oxygen atoms in total. The number of anilines is 1. The Labute approximate surface area is 152 Å². The Morgan fingerprint density at radius 3 is 2.80 bits per heavy atom. The summed E-state index contributed by atoms with van der Waals surface area (Å²) in [5.74, 6) is 0.192. The Morgan fingerprint density at radius 1 is 1.28 bits per heavy atom. The number of phenolic OH excluding ortho intramolecular Hbond substituents is 2. The monoisotopic (exact) mass is 376 g/mol. The van der Waals surface area contributed by atoms with Crippen LogP contribution >= 0.6 is 23.1 Å². The van der Waals surface area contributed by atoms with Crippen LogP contribution in [0.5, 0.6) is 11.5 Å². The molecule has 3 N–H and O–H groups in total. The number of carbonyl (C=O) groups is 1. The summed E-state index contributed by atoms with van der Waals surface area (Å²) < 4.78 is 1.96. The van der Waals surface area contributed by atoms with E-state index < -0.39 is 0 Å². The molecule has 0 spiro atoms. The first kappa shape index (κ1) is 17.3. The Bertz CT molecular complexity index is 878. The number of phenols is 2. The molecule has 1 aromatic carbocycles. The van der Waals surface area contributed by atoms with Gasteiger partial charge in [-0.15, -0.1) is 10.2 Å². The predicted octanol–water partition coefficient (Wildman–Crippen LogP) is 3.17. The van der Waals surface area contributed by atoms with Gasteiger partial charge in [-0.3, -0.25) is 4.79 Å². The van der Waals surface area contributed by atoms with Gasteiger partial charge in [-0.25, -0.2) is 0 Å². The largest absolute Gasteiger partial charge is 0.504 e. The number of hydrogen-bond acceptors (Lipinski definition) is 7. The van der Waals surface area contributed by atoms with E-state index in [0.717, 1.165) is 11.4 Å². The van der Waals surface area contributed by atoms with Crippen molar-refractivity contribution in [2.24, 2.45) is 0 Å². The number of thioether (sulfide) groups is 1.